The van der Waals surface area contributed by atoms with E-state index in [1.165, 1.54) is 18.2 Å². The maximum atomic E-state index is 12.1. The number of amides is 1. The number of nitro benzene ring substituents is 1. The number of carboxylic acid groups (broad SMARTS) is 1. The molecular formula is C14H18N2O5. The summed E-state index contributed by atoms with van der Waals surface area (Å²) in [6.07, 6.45) is -0.218. The number of benzene rings is 1. The van der Waals surface area contributed by atoms with Crippen molar-refractivity contribution in [2.45, 2.75) is 33.2 Å². The lowest BCUT2D eigenvalue weighted by atomic mass is 9.84. The number of carboxylic acids is 1. The molecule has 114 valence electrons. The Morgan fingerprint density at radius 3 is 2.48 bits per heavy atom. The minimum Gasteiger partial charge on any atom is -0.481 e. The van der Waals surface area contributed by atoms with Gasteiger partial charge in [-0.1, -0.05) is 26.8 Å². The Morgan fingerprint density at radius 2 is 2.00 bits per heavy atom. The van der Waals surface area contributed by atoms with Gasteiger partial charge in [0.2, 0.25) is 0 Å². The lowest BCUT2D eigenvalue weighted by Crippen LogP contribution is -2.45. The number of carbonyl (C=O) groups excluding carboxylic acids is 1. The Hall–Kier alpha value is -2.44. The summed E-state index contributed by atoms with van der Waals surface area (Å²) >= 11 is 0. The van der Waals surface area contributed by atoms with Crippen LogP contribution in [0.15, 0.2) is 24.3 Å². The molecule has 0 saturated carbocycles. The van der Waals surface area contributed by atoms with Gasteiger partial charge in [0, 0.05) is 23.7 Å². The van der Waals surface area contributed by atoms with E-state index in [4.69, 9.17) is 5.11 Å². The quantitative estimate of drug-likeness (QED) is 0.639. The van der Waals surface area contributed by atoms with E-state index in [1.54, 1.807) is 0 Å². The third kappa shape index (κ3) is 4.87. The molecule has 0 spiro atoms. The smallest absolute Gasteiger partial charge is 0.305 e. The van der Waals surface area contributed by atoms with E-state index in [0.717, 1.165) is 6.07 Å². The van der Waals surface area contributed by atoms with Crippen molar-refractivity contribution in [2.24, 2.45) is 5.41 Å². The Morgan fingerprint density at radius 1 is 1.38 bits per heavy atom. The maximum Gasteiger partial charge on any atom is 0.305 e. The largest absolute Gasteiger partial charge is 0.481 e. The highest BCUT2D eigenvalue weighted by Crippen LogP contribution is 2.22. The molecule has 1 rings (SSSR count). The molecule has 1 aromatic carbocycles. The molecule has 1 amide bonds. The minimum absolute atomic E-state index is 0.129. The van der Waals surface area contributed by atoms with Crippen molar-refractivity contribution in [1.82, 2.24) is 5.32 Å². The number of nitrogens with zero attached hydrogens (tertiary/aromatic N) is 1. The van der Waals surface area contributed by atoms with Crippen LogP contribution in [0, 0.1) is 15.5 Å². The fraction of sp³-hybridized carbons (Fsp3) is 0.429. The van der Waals surface area contributed by atoms with E-state index in [2.05, 4.69) is 5.32 Å². The predicted octanol–water partition coefficient (Wildman–Crippen LogP) is 2.21. The number of non-ortho nitro benzene ring substituents is 1. The Balaban J connectivity index is 2.94. The zero-order chi connectivity index (χ0) is 16.2. The van der Waals surface area contributed by atoms with Crippen LogP contribution < -0.4 is 5.32 Å². The molecule has 0 radical (unpaired) electrons. The third-order valence-corrected chi connectivity index (χ3v) is 3.05. The van der Waals surface area contributed by atoms with Crippen LogP contribution in [-0.2, 0) is 4.79 Å². The van der Waals surface area contributed by atoms with Crippen LogP contribution >= 0.6 is 0 Å². The second-order valence-corrected chi connectivity index (χ2v) is 5.80. The molecule has 1 aromatic rings. The molecule has 21 heavy (non-hydrogen) atoms. The molecule has 7 nitrogen and oxygen atoms in total. The first-order chi connectivity index (χ1) is 9.61. The van der Waals surface area contributed by atoms with E-state index in [9.17, 15) is 19.7 Å². The highest BCUT2D eigenvalue weighted by Gasteiger charge is 2.29. The van der Waals surface area contributed by atoms with E-state index < -0.39 is 28.3 Å². The van der Waals surface area contributed by atoms with E-state index in [0.29, 0.717) is 0 Å². The van der Waals surface area contributed by atoms with Crippen molar-refractivity contribution in [1.29, 1.82) is 0 Å². The average molecular weight is 294 g/mol. The predicted molar refractivity (Wildman–Crippen MR) is 76.1 cm³/mol. The Labute approximate surface area is 122 Å². The molecule has 1 atom stereocenters. The summed E-state index contributed by atoms with van der Waals surface area (Å²) in [6, 6.07) is 4.73. The molecule has 2 N–H and O–H groups in total. The van der Waals surface area contributed by atoms with Gasteiger partial charge in [-0.05, 0) is 11.5 Å². The van der Waals surface area contributed by atoms with Crippen molar-refractivity contribution in [2.75, 3.05) is 0 Å². The number of aliphatic carboxylic acids is 1. The zero-order valence-corrected chi connectivity index (χ0v) is 12.1. The fourth-order valence-corrected chi connectivity index (χ4v) is 1.75. The van der Waals surface area contributed by atoms with Gasteiger partial charge in [0.25, 0.3) is 11.6 Å². The Kier molecular flexibility index (Phi) is 5.02. The summed E-state index contributed by atoms with van der Waals surface area (Å²) in [5.74, 6) is -1.55. The topological polar surface area (TPSA) is 110 Å². The molecular weight excluding hydrogens is 276 g/mol. The number of hydrogen-bond acceptors (Lipinski definition) is 4. The third-order valence-electron chi connectivity index (χ3n) is 3.05. The molecule has 0 aliphatic heterocycles. The summed E-state index contributed by atoms with van der Waals surface area (Å²) in [4.78, 5) is 33.1. The van der Waals surface area contributed by atoms with Crippen molar-refractivity contribution in [3.63, 3.8) is 0 Å². The zero-order valence-electron chi connectivity index (χ0n) is 12.1. The van der Waals surface area contributed by atoms with Crippen LogP contribution in [0.5, 0.6) is 0 Å². The fourth-order valence-electron chi connectivity index (χ4n) is 1.75. The number of hydrogen-bond donors (Lipinski definition) is 2. The van der Waals surface area contributed by atoms with Gasteiger partial charge < -0.3 is 10.4 Å². The second-order valence-electron chi connectivity index (χ2n) is 5.80. The minimum atomic E-state index is -1.02. The number of nitro groups is 1. The van der Waals surface area contributed by atoms with Gasteiger partial charge in [-0.25, -0.2) is 0 Å². The summed E-state index contributed by atoms with van der Waals surface area (Å²) in [6.45, 7) is 5.44. The summed E-state index contributed by atoms with van der Waals surface area (Å²) in [5.41, 5.74) is -0.508. The lowest BCUT2D eigenvalue weighted by molar-refractivity contribution is -0.384. The SMILES string of the molecule is CC(C)(C)C(CC(=O)O)NC(=O)c1cccc([N+](=O)[O-])c1. The van der Waals surface area contributed by atoms with Gasteiger partial charge in [-0.3, -0.25) is 19.7 Å². The average Bonchev–Trinajstić information content (AvgIpc) is 2.36. The van der Waals surface area contributed by atoms with Crippen LogP contribution in [0.3, 0.4) is 0 Å². The Bertz CT molecular complexity index is 563. The van der Waals surface area contributed by atoms with Crippen LogP contribution in [0.25, 0.3) is 0 Å². The van der Waals surface area contributed by atoms with Gasteiger partial charge in [-0.15, -0.1) is 0 Å². The molecule has 0 bridgehead atoms. The monoisotopic (exact) mass is 294 g/mol. The number of nitrogens with one attached hydrogen (secondary N) is 1. The summed E-state index contributed by atoms with van der Waals surface area (Å²) < 4.78 is 0. The lowest BCUT2D eigenvalue weighted by Gasteiger charge is -2.30. The molecule has 0 saturated heterocycles. The molecule has 1 unspecified atom stereocenters. The number of rotatable bonds is 5. The molecule has 0 heterocycles. The maximum absolute atomic E-state index is 12.1. The summed E-state index contributed by atoms with van der Waals surface area (Å²) in [7, 11) is 0. The molecule has 0 aromatic heterocycles. The highest BCUT2D eigenvalue weighted by atomic mass is 16.6. The van der Waals surface area contributed by atoms with Gasteiger partial charge >= 0.3 is 5.97 Å². The molecule has 0 fully saturated rings. The van der Waals surface area contributed by atoms with Crippen LogP contribution in [0.1, 0.15) is 37.6 Å². The van der Waals surface area contributed by atoms with E-state index in [-0.39, 0.29) is 17.7 Å². The first kappa shape index (κ1) is 16.6. The molecule has 0 aliphatic carbocycles. The first-order valence-electron chi connectivity index (χ1n) is 6.38. The first-order valence-corrected chi connectivity index (χ1v) is 6.38. The van der Waals surface area contributed by atoms with Gasteiger partial charge in [0.15, 0.2) is 0 Å². The molecule has 7 heteroatoms. The number of carbonyl (C=O) groups is 2. The molecule has 0 aliphatic rings. The van der Waals surface area contributed by atoms with Gasteiger partial charge in [-0.2, -0.15) is 0 Å². The van der Waals surface area contributed by atoms with Crippen molar-refractivity contribution in [3.8, 4) is 0 Å². The van der Waals surface area contributed by atoms with Crippen LogP contribution in [-0.4, -0.2) is 27.9 Å². The van der Waals surface area contributed by atoms with Crippen LogP contribution in [0.4, 0.5) is 5.69 Å². The van der Waals surface area contributed by atoms with Crippen molar-refractivity contribution < 1.29 is 19.6 Å². The standard InChI is InChI=1S/C14H18N2O5/c1-14(2,3)11(8-12(17)18)15-13(19)9-5-4-6-10(7-9)16(20)21/h4-7,11H,8H2,1-3H3,(H,15,19)(H,17,18). The van der Waals surface area contributed by atoms with Gasteiger partial charge in [0.1, 0.15) is 0 Å². The van der Waals surface area contributed by atoms with E-state index >= 15 is 0 Å². The second kappa shape index (κ2) is 6.34. The van der Waals surface area contributed by atoms with Crippen molar-refractivity contribution in [3.05, 3.63) is 39.9 Å². The van der Waals surface area contributed by atoms with Crippen molar-refractivity contribution >= 4 is 17.6 Å². The highest BCUT2D eigenvalue weighted by molar-refractivity contribution is 5.95. The van der Waals surface area contributed by atoms with E-state index in [1.807, 2.05) is 20.8 Å². The summed E-state index contributed by atoms with van der Waals surface area (Å²) in [5, 5.41) is 22.2. The van der Waals surface area contributed by atoms with Crippen LogP contribution in [0.2, 0.25) is 0 Å². The van der Waals surface area contributed by atoms with Gasteiger partial charge in [0.05, 0.1) is 11.3 Å². The normalized spacial score (nSPS) is 12.5.